The number of fused-ring (bicyclic) bond motifs is 1. The highest BCUT2D eigenvalue weighted by atomic mass is 19.4. The molecule has 1 aromatic carbocycles. The molecule has 0 spiro atoms. The molecule has 0 aliphatic carbocycles. The first kappa shape index (κ1) is 12.9. The molecular formula is C14H16F3NO. The SMILES string of the molecule is FC(F)(F)C12CCCN1[C@@H](Cc1ccccc1)CO2. The Morgan fingerprint density at radius 3 is 2.68 bits per heavy atom. The maximum atomic E-state index is 13.3. The second kappa shape index (κ2) is 4.49. The number of ether oxygens (including phenoxy) is 1. The summed E-state index contributed by atoms with van der Waals surface area (Å²) in [6, 6.07) is 9.45. The molecule has 0 bridgehead atoms. The lowest BCUT2D eigenvalue weighted by Gasteiger charge is -2.34. The molecule has 19 heavy (non-hydrogen) atoms. The fraction of sp³-hybridized carbons (Fsp3) is 0.571. The van der Waals surface area contributed by atoms with Gasteiger partial charge in [-0.2, -0.15) is 13.2 Å². The Bertz CT molecular complexity index is 448. The van der Waals surface area contributed by atoms with Crippen LogP contribution in [0.2, 0.25) is 0 Å². The predicted octanol–water partition coefficient (Wildman–Crippen LogP) is 2.98. The van der Waals surface area contributed by atoms with Crippen molar-refractivity contribution in [3.8, 4) is 0 Å². The molecule has 0 radical (unpaired) electrons. The third-order valence-electron chi connectivity index (χ3n) is 4.09. The predicted molar refractivity (Wildman–Crippen MR) is 64.6 cm³/mol. The molecule has 1 unspecified atom stereocenters. The number of hydrogen-bond acceptors (Lipinski definition) is 2. The average molecular weight is 271 g/mol. The second-order valence-corrected chi connectivity index (χ2v) is 5.23. The molecule has 0 N–H and O–H groups in total. The largest absolute Gasteiger partial charge is 0.431 e. The number of benzene rings is 1. The van der Waals surface area contributed by atoms with Crippen molar-refractivity contribution in [3.05, 3.63) is 35.9 Å². The van der Waals surface area contributed by atoms with Crippen LogP contribution in [0.4, 0.5) is 13.2 Å². The standard InChI is InChI=1S/C14H16F3NO/c15-14(16,17)13-7-4-8-18(13)12(10-19-13)9-11-5-2-1-3-6-11/h1-3,5-6,12H,4,7-10H2/t12-,13?/m0/s1. The summed E-state index contributed by atoms with van der Waals surface area (Å²) in [4.78, 5) is 1.51. The third-order valence-corrected chi connectivity index (χ3v) is 4.09. The van der Waals surface area contributed by atoms with Crippen molar-refractivity contribution in [2.24, 2.45) is 0 Å². The van der Waals surface area contributed by atoms with Crippen LogP contribution in [-0.2, 0) is 11.2 Å². The van der Waals surface area contributed by atoms with E-state index in [1.807, 2.05) is 30.3 Å². The smallest absolute Gasteiger partial charge is 0.350 e. The molecule has 2 fully saturated rings. The van der Waals surface area contributed by atoms with E-state index in [0.29, 0.717) is 19.4 Å². The van der Waals surface area contributed by atoms with Crippen LogP contribution in [0.3, 0.4) is 0 Å². The normalized spacial score (nSPS) is 31.6. The van der Waals surface area contributed by atoms with E-state index < -0.39 is 11.9 Å². The summed E-state index contributed by atoms with van der Waals surface area (Å²) in [5, 5.41) is 0. The average Bonchev–Trinajstić information content (AvgIpc) is 2.92. The molecule has 0 saturated carbocycles. The summed E-state index contributed by atoms with van der Waals surface area (Å²) in [6.07, 6.45) is -3.10. The Kier molecular flexibility index (Phi) is 3.06. The van der Waals surface area contributed by atoms with Crippen LogP contribution in [0.1, 0.15) is 18.4 Å². The van der Waals surface area contributed by atoms with Crippen molar-refractivity contribution in [3.63, 3.8) is 0 Å². The fourth-order valence-corrected chi connectivity index (χ4v) is 3.21. The van der Waals surface area contributed by atoms with Gasteiger partial charge in [0.15, 0.2) is 0 Å². The van der Waals surface area contributed by atoms with E-state index >= 15 is 0 Å². The zero-order chi connectivity index (χ0) is 13.5. The quantitative estimate of drug-likeness (QED) is 0.820. The van der Waals surface area contributed by atoms with Gasteiger partial charge >= 0.3 is 6.18 Å². The Morgan fingerprint density at radius 2 is 2.00 bits per heavy atom. The lowest BCUT2D eigenvalue weighted by molar-refractivity contribution is -0.295. The van der Waals surface area contributed by atoms with Gasteiger partial charge in [0.25, 0.3) is 0 Å². The number of nitrogens with zero attached hydrogens (tertiary/aromatic N) is 1. The first-order valence-corrected chi connectivity index (χ1v) is 6.54. The summed E-state index contributed by atoms with van der Waals surface area (Å²) in [6.45, 7) is 0.630. The van der Waals surface area contributed by atoms with Crippen LogP contribution in [0.15, 0.2) is 30.3 Å². The van der Waals surface area contributed by atoms with E-state index in [9.17, 15) is 13.2 Å². The first-order chi connectivity index (χ1) is 9.03. The molecule has 2 atom stereocenters. The molecule has 0 aromatic heterocycles. The van der Waals surface area contributed by atoms with Gasteiger partial charge in [0, 0.05) is 19.0 Å². The van der Waals surface area contributed by atoms with Crippen LogP contribution in [0.25, 0.3) is 0 Å². The van der Waals surface area contributed by atoms with Crippen LogP contribution in [0, 0.1) is 0 Å². The lowest BCUT2D eigenvalue weighted by Crippen LogP contribution is -2.54. The van der Waals surface area contributed by atoms with Crippen molar-refractivity contribution < 1.29 is 17.9 Å². The molecule has 3 rings (SSSR count). The maximum Gasteiger partial charge on any atom is 0.431 e. The van der Waals surface area contributed by atoms with Crippen LogP contribution in [0.5, 0.6) is 0 Å². The van der Waals surface area contributed by atoms with Gasteiger partial charge in [-0.1, -0.05) is 30.3 Å². The first-order valence-electron chi connectivity index (χ1n) is 6.54. The van der Waals surface area contributed by atoms with Crippen molar-refractivity contribution in [1.82, 2.24) is 4.90 Å². The maximum absolute atomic E-state index is 13.3. The van der Waals surface area contributed by atoms with E-state index in [-0.39, 0.29) is 19.1 Å². The van der Waals surface area contributed by atoms with Crippen molar-refractivity contribution in [1.29, 1.82) is 0 Å². The van der Waals surface area contributed by atoms with E-state index in [0.717, 1.165) is 5.56 Å². The van der Waals surface area contributed by atoms with Crippen molar-refractivity contribution in [2.75, 3.05) is 13.2 Å². The van der Waals surface area contributed by atoms with E-state index in [4.69, 9.17) is 4.74 Å². The molecule has 2 aliphatic rings. The molecule has 2 heterocycles. The fourth-order valence-electron chi connectivity index (χ4n) is 3.21. The van der Waals surface area contributed by atoms with Crippen molar-refractivity contribution in [2.45, 2.75) is 37.2 Å². The van der Waals surface area contributed by atoms with E-state index in [2.05, 4.69) is 0 Å². The van der Waals surface area contributed by atoms with Crippen molar-refractivity contribution >= 4 is 0 Å². The highest BCUT2D eigenvalue weighted by molar-refractivity contribution is 5.17. The molecule has 2 nitrogen and oxygen atoms in total. The van der Waals surface area contributed by atoms with Gasteiger partial charge in [-0.25, -0.2) is 0 Å². The van der Waals surface area contributed by atoms with Gasteiger partial charge in [-0.3, -0.25) is 4.90 Å². The van der Waals surface area contributed by atoms with E-state index in [1.165, 1.54) is 4.90 Å². The van der Waals surface area contributed by atoms with E-state index in [1.54, 1.807) is 0 Å². The van der Waals surface area contributed by atoms with Crippen LogP contribution in [-0.4, -0.2) is 36.0 Å². The minimum absolute atomic E-state index is 0.0573. The monoisotopic (exact) mass is 271 g/mol. The summed E-state index contributed by atoms with van der Waals surface area (Å²) < 4.78 is 45.0. The summed E-state index contributed by atoms with van der Waals surface area (Å²) in [5.41, 5.74) is -0.965. The molecule has 104 valence electrons. The lowest BCUT2D eigenvalue weighted by atomic mass is 10.1. The number of halogens is 3. The Hall–Kier alpha value is -1.07. The van der Waals surface area contributed by atoms with Gasteiger partial charge in [-0.15, -0.1) is 0 Å². The van der Waals surface area contributed by atoms with Gasteiger partial charge in [0.05, 0.1) is 6.61 Å². The highest BCUT2D eigenvalue weighted by Crippen LogP contribution is 2.48. The topological polar surface area (TPSA) is 12.5 Å². The Morgan fingerprint density at radius 1 is 1.26 bits per heavy atom. The number of hydrogen-bond donors (Lipinski definition) is 0. The number of alkyl halides is 3. The highest BCUT2D eigenvalue weighted by Gasteiger charge is 2.66. The number of rotatable bonds is 2. The minimum Gasteiger partial charge on any atom is -0.350 e. The summed E-state index contributed by atoms with van der Waals surface area (Å²) >= 11 is 0. The van der Waals surface area contributed by atoms with Gasteiger partial charge in [0.1, 0.15) is 0 Å². The molecule has 2 aliphatic heterocycles. The third kappa shape index (κ3) is 2.05. The molecule has 0 amide bonds. The minimum atomic E-state index is -4.31. The van der Waals surface area contributed by atoms with Crippen LogP contribution >= 0.6 is 0 Å². The second-order valence-electron chi connectivity index (χ2n) is 5.23. The Labute approximate surface area is 110 Å². The van der Waals surface area contributed by atoms with Gasteiger partial charge in [0.2, 0.25) is 5.72 Å². The summed E-state index contributed by atoms with van der Waals surface area (Å²) in [7, 11) is 0. The zero-order valence-corrected chi connectivity index (χ0v) is 10.5. The van der Waals surface area contributed by atoms with Gasteiger partial charge < -0.3 is 4.74 Å². The zero-order valence-electron chi connectivity index (χ0n) is 10.5. The van der Waals surface area contributed by atoms with Gasteiger partial charge in [-0.05, 0) is 18.4 Å². The molecule has 5 heteroatoms. The summed E-state index contributed by atoms with van der Waals surface area (Å²) in [5.74, 6) is 0. The van der Waals surface area contributed by atoms with Crippen LogP contribution < -0.4 is 0 Å². The Balaban J connectivity index is 1.80. The molecule has 1 aromatic rings. The molecule has 2 saturated heterocycles. The molecular weight excluding hydrogens is 255 g/mol.